The summed E-state index contributed by atoms with van der Waals surface area (Å²) in [4.78, 5) is 10.9. The van der Waals surface area contributed by atoms with E-state index in [4.69, 9.17) is 0 Å². The van der Waals surface area contributed by atoms with Crippen molar-refractivity contribution in [1.82, 2.24) is 0 Å². The van der Waals surface area contributed by atoms with Crippen molar-refractivity contribution in [2.24, 2.45) is 0 Å². The molecule has 106 valence electrons. The highest BCUT2D eigenvalue weighted by Crippen LogP contribution is 2.14. The Morgan fingerprint density at radius 2 is 1.95 bits per heavy atom. The first-order chi connectivity index (χ1) is 8.93. The maximum Gasteiger partial charge on any atom is 0.221 e. The summed E-state index contributed by atoms with van der Waals surface area (Å²) in [6, 6.07) is 7.32. The summed E-state index contributed by atoms with van der Waals surface area (Å²) < 4.78 is 22.6. The third-order valence-corrected chi connectivity index (χ3v) is 4.37. The summed E-state index contributed by atoms with van der Waals surface area (Å²) in [6.07, 6.45) is 0.570. The van der Waals surface area contributed by atoms with E-state index in [9.17, 15) is 13.2 Å². The highest BCUT2D eigenvalue weighted by Gasteiger charge is 2.06. The predicted molar refractivity (Wildman–Crippen MR) is 78.2 cm³/mol. The summed E-state index contributed by atoms with van der Waals surface area (Å²) in [5.41, 5.74) is 1.58. The molecule has 0 spiro atoms. The highest BCUT2D eigenvalue weighted by atomic mass is 32.2. The van der Waals surface area contributed by atoms with Crippen molar-refractivity contribution in [3.63, 3.8) is 0 Å². The first-order valence-electron chi connectivity index (χ1n) is 6.25. The van der Waals surface area contributed by atoms with Gasteiger partial charge in [-0.3, -0.25) is 4.79 Å². The van der Waals surface area contributed by atoms with Gasteiger partial charge in [-0.2, -0.15) is 0 Å². The van der Waals surface area contributed by atoms with Crippen molar-refractivity contribution < 1.29 is 13.2 Å². The van der Waals surface area contributed by atoms with Crippen LogP contribution in [0.5, 0.6) is 0 Å². The largest absolute Gasteiger partial charge is 0.385 e. The number of rotatable bonds is 7. The lowest BCUT2D eigenvalue weighted by atomic mass is 10.2. The minimum Gasteiger partial charge on any atom is -0.385 e. The smallest absolute Gasteiger partial charge is 0.221 e. The van der Waals surface area contributed by atoms with Crippen LogP contribution in [0.4, 0.5) is 11.4 Å². The summed E-state index contributed by atoms with van der Waals surface area (Å²) in [5, 5.41) is 5.83. The van der Waals surface area contributed by atoms with Crippen LogP contribution in [0.15, 0.2) is 24.3 Å². The lowest BCUT2D eigenvalue weighted by Crippen LogP contribution is -2.13. The zero-order chi connectivity index (χ0) is 14.3. The Hall–Kier alpha value is -1.56. The van der Waals surface area contributed by atoms with E-state index in [0.717, 1.165) is 11.4 Å². The molecule has 0 saturated carbocycles. The van der Waals surface area contributed by atoms with E-state index < -0.39 is 9.84 Å². The van der Waals surface area contributed by atoms with Crippen LogP contribution < -0.4 is 10.6 Å². The molecule has 1 rings (SSSR count). The Morgan fingerprint density at radius 1 is 1.26 bits per heavy atom. The fraction of sp³-hybridized carbons (Fsp3) is 0.462. The predicted octanol–water partition coefficient (Wildman–Crippen LogP) is 1.88. The molecule has 0 saturated heterocycles. The van der Waals surface area contributed by atoms with Gasteiger partial charge in [0.2, 0.25) is 5.91 Å². The van der Waals surface area contributed by atoms with Gasteiger partial charge in [-0.1, -0.05) is 13.0 Å². The summed E-state index contributed by atoms with van der Waals surface area (Å²) in [6.45, 7) is 3.69. The molecule has 0 bridgehead atoms. The molecule has 0 aliphatic carbocycles. The Morgan fingerprint density at radius 3 is 2.58 bits per heavy atom. The second kappa shape index (κ2) is 7.13. The van der Waals surface area contributed by atoms with Gasteiger partial charge < -0.3 is 10.6 Å². The molecule has 0 aliphatic rings. The second-order valence-corrected chi connectivity index (χ2v) is 6.75. The molecule has 6 heteroatoms. The molecule has 0 aromatic heterocycles. The monoisotopic (exact) mass is 284 g/mol. The number of hydrogen-bond donors (Lipinski definition) is 2. The van der Waals surface area contributed by atoms with Crippen molar-refractivity contribution in [1.29, 1.82) is 0 Å². The molecule has 0 atom stereocenters. The lowest BCUT2D eigenvalue weighted by molar-refractivity contribution is -0.114. The number of amides is 1. The van der Waals surface area contributed by atoms with Gasteiger partial charge in [0.25, 0.3) is 0 Å². The Balaban J connectivity index is 2.43. The number of carbonyl (C=O) groups is 1. The van der Waals surface area contributed by atoms with E-state index in [1.165, 1.54) is 6.92 Å². The maximum absolute atomic E-state index is 11.3. The standard InChI is InChI=1S/C13H20N2O3S/c1-3-19(17,18)9-5-8-14-12-6-4-7-13(10-12)15-11(2)16/h4,6-7,10,14H,3,5,8-9H2,1-2H3,(H,15,16). The van der Waals surface area contributed by atoms with Crippen molar-refractivity contribution in [2.75, 3.05) is 28.7 Å². The minimum absolute atomic E-state index is 0.119. The quantitative estimate of drug-likeness (QED) is 0.750. The molecule has 1 aromatic rings. The molecule has 19 heavy (non-hydrogen) atoms. The van der Waals surface area contributed by atoms with Gasteiger partial charge in [0.05, 0.1) is 5.75 Å². The van der Waals surface area contributed by atoms with Crippen LogP contribution in [0.1, 0.15) is 20.3 Å². The molecule has 1 amide bonds. The van der Waals surface area contributed by atoms with Crippen LogP contribution in [0.25, 0.3) is 0 Å². The third kappa shape index (κ3) is 6.24. The Bertz CT molecular complexity index is 526. The lowest BCUT2D eigenvalue weighted by Gasteiger charge is -2.08. The van der Waals surface area contributed by atoms with Gasteiger partial charge in [0.1, 0.15) is 9.84 Å². The van der Waals surface area contributed by atoms with Crippen molar-refractivity contribution >= 4 is 27.1 Å². The molecular weight excluding hydrogens is 264 g/mol. The zero-order valence-electron chi connectivity index (χ0n) is 11.3. The molecule has 0 heterocycles. The fourth-order valence-corrected chi connectivity index (χ4v) is 2.45. The normalized spacial score (nSPS) is 11.1. The first kappa shape index (κ1) is 15.5. The first-order valence-corrected chi connectivity index (χ1v) is 8.07. The van der Waals surface area contributed by atoms with E-state index in [2.05, 4.69) is 10.6 Å². The van der Waals surface area contributed by atoms with Crippen LogP contribution in [0.2, 0.25) is 0 Å². The van der Waals surface area contributed by atoms with Gasteiger partial charge >= 0.3 is 0 Å². The fourth-order valence-electron chi connectivity index (χ4n) is 1.58. The van der Waals surface area contributed by atoms with Crippen LogP contribution in [-0.4, -0.2) is 32.4 Å². The number of benzene rings is 1. The van der Waals surface area contributed by atoms with Crippen molar-refractivity contribution in [3.05, 3.63) is 24.3 Å². The SMILES string of the molecule is CCS(=O)(=O)CCCNc1cccc(NC(C)=O)c1. The molecule has 1 aromatic carbocycles. The van der Waals surface area contributed by atoms with Crippen LogP contribution >= 0.6 is 0 Å². The van der Waals surface area contributed by atoms with Gasteiger partial charge in [0.15, 0.2) is 0 Å². The summed E-state index contributed by atoms with van der Waals surface area (Å²) in [5.74, 6) is 0.263. The molecular formula is C13H20N2O3S. The number of anilines is 2. The van der Waals surface area contributed by atoms with Gasteiger partial charge in [-0.25, -0.2) is 8.42 Å². The Kier molecular flexibility index (Phi) is 5.82. The summed E-state index contributed by atoms with van der Waals surface area (Å²) in [7, 11) is -2.89. The topological polar surface area (TPSA) is 75.3 Å². The number of nitrogens with one attached hydrogen (secondary N) is 2. The highest BCUT2D eigenvalue weighted by molar-refractivity contribution is 7.91. The van der Waals surface area contributed by atoms with Gasteiger partial charge in [-0.15, -0.1) is 0 Å². The average Bonchev–Trinajstić information content (AvgIpc) is 2.34. The molecule has 0 radical (unpaired) electrons. The summed E-state index contributed by atoms with van der Waals surface area (Å²) >= 11 is 0. The number of carbonyl (C=O) groups excluding carboxylic acids is 1. The third-order valence-electron chi connectivity index (χ3n) is 2.58. The van der Waals surface area contributed by atoms with E-state index in [-0.39, 0.29) is 17.4 Å². The molecule has 0 fully saturated rings. The molecule has 0 aliphatic heterocycles. The maximum atomic E-state index is 11.3. The zero-order valence-corrected chi connectivity index (χ0v) is 12.1. The number of sulfone groups is 1. The van der Waals surface area contributed by atoms with Gasteiger partial charge in [0, 0.05) is 30.6 Å². The number of hydrogen-bond acceptors (Lipinski definition) is 4. The van der Waals surface area contributed by atoms with E-state index in [1.54, 1.807) is 13.0 Å². The van der Waals surface area contributed by atoms with Crippen LogP contribution in [0, 0.1) is 0 Å². The average molecular weight is 284 g/mol. The Labute approximate surface area is 114 Å². The van der Waals surface area contributed by atoms with E-state index >= 15 is 0 Å². The van der Waals surface area contributed by atoms with E-state index in [1.807, 2.05) is 18.2 Å². The van der Waals surface area contributed by atoms with E-state index in [0.29, 0.717) is 13.0 Å². The van der Waals surface area contributed by atoms with Crippen LogP contribution in [-0.2, 0) is 14.6 Å². The van der Waals surface area contributed by atoms with Crippen LogP contribution in [0.3, 0.4) is 0 Å². The second-order valence-electron chi connectivity index (χ2n) is 4.28. The molecule has 5 nitrogen and oxygen atoms in total. The van der Waals surface area contributed by atoms with Crippen molar-refractivity contribution in [2.45, 2.75) is 20.3 Å². The van der Waals surface area contributed by atoms with Crippen molar-refractivity contribution in [3.8, 4) is 0 Å². The minimum atomic E-state index is -2.89. The van der Waals surface area contributed by atoms with Gasteiger partial charge in [-0.05, 0) is 24.6 Å². The molecule has 0 unspecified atom stereocenters. The molecule has 2 N–H and O–H groups in total.